The van der Waals surface area contributed by atoms with Crippen molar-refractivity contribution in [1.82, 2.24) is 4.57 Å². The predicted molar refractivity (Wildman–Crippen MR) is 79.9 cm³/mol. The Bertz CT molecular complexity index is 610. The van der Waals surface area contributed by atoms with Crippen LogP contribution in [0.5, 0.6) is 0 Å². The second-order valence-electron chi connectivity index (χ2n) is 5.84. The van der Waals surface area contributed by atoms with Crippen LogP contribution in [0.1, 0.15) is 37.7 Å². The van der Waals surface area contributed by atoms with Gasteiger partial charge in [0.2, 0.25) is 0 Å². The summed E-state index contributed by atoms with van der Waals surface area (Å²) in [5.74, 6) is 0.231. The first-order valence-corrected chi connectivity index (χ1v) is 7.52. The fourth-order valence-electron chi connectivity index (χ4n) is 2.87. The van der Waals surface area contributed by atoms with Gasteiger partial charge in [-0.2, -0.15) is 0 Å². The number of aryl methyl sites for hydroxylation is 2. The molecule has 3 rings (SSSR count). The highest BCUT2D eigenvalue weighted by Crippen LogP contribution is 2.33. The second kappa shape index (κ2) is 5.70. The number of hydrogen-bond donors (Lipinski definition) is 1. The molecule has 0 aliphatic heterocycles. The minimum absolute atomic E-state index is 0.252. The lowest BCUT2D eigenvalue weighted by Crippen LogP contribution is -1.97. The van der Waals surface area contributed by atoms with Crippen LogP contribution in [0.2, 0.25) is 0 Å². The Balaban J connectivity index is 1.77. The third kappa shape index (κ3) is 3.03. The van der Waals surface area contributed by atoms with Gasteiger partial charge in [0.15, 0.2) is 0 Å². The summed E-state index contributed by atoms with van der Waals surface area (Å²) in [6.07, 6.45) is 8.11. The number of rotatable bonds is 7. The summed E-state index contributed by atoms with van der Waals surface area (Å²) in [5.41, 5.74) is 2.58. The highest BCUT2D eigenvalue weighted by molar-refractivity contribution is 5.84. The largest absolute Gasteiger partial charge is 0.481 e. The van der Waals surface area contributed by atoms with Gasteiger partial charge in [0.05, 0.1) is 0 Å². The standard InChI is InChI=1S/C17H21NO2/c19-17(20)7-3-4-14-12-18(11-10-13-8-9-13)16-6-2-1-5-15(14)16/h1-2,5-6,12-13H,3-4,7-11H2,(H,19,20). The summed E-state index contributed by atoms with van der Waals surface area (Å²) in [5, 5.41) is 10.0. The number of benzene rings is 1. The van der Waals surface area contributed by atoms with Gasteiger partial charge in [-0.05, 0) is 36.8 Å². The van der Waals surface area contributed by atoms with E-state index in [1.165, 1.54) is 35.7 Å². The zero-order valence-corrected chi connectivity index (χ0v) is 11.7. The molecule has 0 amide bonds. The molecule has 0 unspecified atom stereocenters. The molecule has 1 aliphatic carbocycles. The number of carbonyl (C=O) groups is 1. The zero-order valence-electron chi connectivity index (χ0n) is 11.7. The monoisotopic (exact) mass is 271 g/mol. The van der Waals surface area contributed by atoms with Gasteiger partial charge in [0.1, 0.15) is 0 Å². The van der Waals surface area contributed by atoms with Gasteiger partial charge in [-0.3, -0.25) is 4.79 Å². The van der Waals surface area contributed by atoms with Crippen LogP contribution in [-0.4, -0.2) is 15.6 Å². The van der Waals surface area contributed by atoms with Crippen molar-refractivity contribution in [2.24, 2.45) is 5.92 Å². The van der Waals surface area contributed by atoms with Crippen molar-refractivity contribution >= 4 is 16.9 Å². The Morgan fingerprint density at radius 1 is 1.30 bits per heavy atom. The molecule has 3 heteroatoms. The lowest BCUT2D eigenvalue weighted by molar-refractivity contribution is -0.137. The molecule has 20 heavy (non-hydrogen) atoms. The predicted octanol–water partition coefficient (Wildman–Crippen LogP) is 3.85. The summed E-state index contributed by atoms with van der Waals surface area (Å²) >= 11 is 0. The molecule has 106 valence electrons. The van der Waals surface area contributed by atoms with E-state index >= 15 is 0 Å². The Hall–Kier alpha value is -1.77. The molecule has 0 saturated heterocycles. The molecular weight excluding hydrogens is 250 g/mol. The van der Waals surface area contributed by atoms with Crippen LogP contribution in [0.25, 0.3) is 10.9 Å². The van der Waals surface area contributed by atoms with Crippen molar-refractivity contribution in [1.29, 1.82) is 0 Å². The third-order valence-electron chi connectivity index (χ3n) is 4.18. The van der Waals surface area contributed by atoms with E-state index in [0.29, 0.717) is 6.42 Å². The number of carboxylic acid groups (broad SMARTS) is 1. The van der Waals surface area contributed by atoms with E-state index in [1.807, 2.05) is 0 Å². The average Bonchev–Trinajstić information content (AvgIpc) is 3.20. The fourth-order valence-corrected chi connectivity index (χ4v) is 2.87. The van der Waals surface area contributed by atoms with Crippen LogP contribution >= 0.6 is 0 Å². The van der Waals surface area contributed by atoms with Crippen molar-refractivity contribution in [3.05, 3.63) is 36.0 Å². The van der Waals surface area contributed by atoms with Gasteiger partial charge < -0.3 is 9.67 Å². The topological polar surface area (TPSA) is 42.2 Å². The molecule has 1 aromatic heterocycles. The first kappa shape index (κ1) is 13.2. The first-order chi connectivity index (χ1) is 9.74. The zero-order chi connectivity index (χ0) is 13.9. The molecule has 0 atom stereocenters. The summed E-state index contributed by atoms with van der Waals surface area (Å²) in [4.78, 5) is 10.6. The SMILES string of the molecule is O=C(O)CCCc1cn(CCC2CC2)c2ccccc12. The lowest BCUT2D eigenvalue weighted by atomic mass is 10.1. The molecule has 0 bridgehead atoms. The molecule has 3 nitrogen and oxygen atoms in total. The van der Waals surface area contributed by atoms with Gasteiger partial charge in [0.25, 0.3) is 0 Å². The summed E-state index contributed by atoms with van der Waals surface area (Å²) in [7, 11) is 0. The molecule has 1 saturated carbocycles. The first-order valence-electron chi connectivity index (χ1n) is 7.52. The van der Waals surface area contributed by atoms with Crippen LogP contribution in [-0.2, 0) is 17.8 Å². The number of aromatic nitrogens is 1. The fraction of sp³-hybridized carbons (Fsp3) is 0.471. The van der Waals surface area contributed by atoms with Gasteiger partial charge in [-0.1, -0.05) is 31.0 Å². The molecule has 2 aromatic rings. The van der Waals surface area contributed by atoms with Crippen molar-refractivity contribution in [2.75, 3.05) is 0 Å². The minimum atomic E-state index is -0.706. The number of hydrogen-bond acceptors (Lipinski definition) is 1. The number of fused-ring (bicyclic) bond motifs is 1. The van der Waals surface area contributed by atoms with Gasteiger partial charge in [-0.15, -0.1) is 0 Å². The van der Waals surface area contributed by atoms with Crippen molar-refractivity contribution in [3.63, 3.8) is 0 Å². The molecule has 0 radical (unpaired) electrons. The number of carboxylic acids is 1. The van der Waals surface area contributed by atoms with Crippen molar-refractivity contribution < 1.29 is 9.90 Å². The summed E-state index contributed by atoms with van der Waals surface area (Å²) < 4.78 is 2.35. The average molecular weight is 271 g/mol. The maximum absolute atomic E-state index is 10.6. The molecule has 0 spiro atoms. The lowest BCUT2D eigenvalue weighted by Gasteiger charge is -2.03. The van der Waals surface area contributed by atoms with E-state index in [9.17, 15) is 4.79 Å². The maximum atomic E-state index is 10.6. The molecule has 1 aliphatic rings. The van der Waals surface area contributed by atoms with Crippen LogP contribution in [0.4, 0.5) is 0 Å². The quantitative estimate of drug-likeness (QED) is 0.831. The van der Waals surface area contributed by atoms with Gasteiger partial charge in [-0.25, -0.2) is 0 Å². The van der Waals surface area contributed by atoms with E-state index in [1.54, 1.807) is 0 Å². The summed E-state index contributed by atoms with van der Waals surface area (Å²) in [6.45, 7) is 1.09. The van der Waals surface area contributed by atoms with Crippen LogP contribution in [0.3, 0.4) is 0 Å². The van der Waals surface area contributed by atoms with E-state index in [2.05, 4.69) is 35.0 Å². The van der Waals surface area contributed by atoms with E-state index < -0.39 is 5.97 Å². The van der Waals surface area contributed by atoms with Crippen molar-refractivity contribution in [2.45, 2.75) is 45.1 Å². The molecule has 1 heterocycles. The van der Waals surface area contributed by atoms with Gasteiger partial charge >= 0.3 is 5.97 Å². The minimum Gasteiger partial charge on any atom is -0.481 e. The van der Waals surface area contributed by atoms with Crippen LogP contribution in [0, 0.1) is 5.92 Å². The molecule has 1 fully saturated rings. The molecule has 1 aromatic carbocycles. The molecule has 1 N–H and O–H groups in total. The number of nitrogens with zero attached hydrogens (tertiary/aromatic N) is 1. The Kier molecular flexibility index (Phi) is 3.77. The van der Waals surface area contributed by atoms with E-state index in [-0.39, 0.29) is 6.42 Å². The van der Waals surface area contributed by atoms with Crippen molar-refractivity contribution in [3.8, 4) is 0 Å². The number of para-hydroxylation sites is 1. The number of aliphatic carboxylic acids is 1. The van der Waals surface area contributed by atoms with Gasteiger partial charge in [0, 0.05) is 30.1 Å². The smallest absolute Gasteiger partial charge is 0.303 e. The summed E-state index contributed by atoms with van der Waals surface area (Å²) in [6, 6.07) is 8.47. The van der Waals surface area contributed by atoms with Crippen LogP contribution < -0.4 is 0 Å². The normalized spacial score (nSPS) is 14.8. The Labute approximate surface area is 119 Å². The highest BCUT2D eigenvalue weighted by Gasteiger charge is 2.21. The maximum Gasteiger partial charge on any atom is 0.303 e. The third-order valence-corrected chi connectivity index (χ3v) is 4.18. The Morgan fingerprint density at radius 3 is 2.85 bits per heavy atom. The highest BCUT2D eigenvalue weighted by atomic mass is 16.4. The van der Waals surface area contributed by atoms with Crippen LogP contribution in [0.15, 0.2) is 30.5 Å². The van der Waals surface area contributed by atoms with E-state index in [4.69, 9.17) is 5.11 Å². The second-order valence-corrected chi connectivity index (χ2v) is 5.84. The Morgan fingerprint density at radius 2 is 2.10 bits per heavy atom. The molecular formula is C17H21NO2. The van der Waals surface area contributed by atoms with E-state index in [0.717, 1.165) is 18.9 Å².